The number of allylic oxidation sites excluding steroid dienone is 2. The second kappa shape index (κ2) is 18.3. The number of nitrogens with zero attached hydrogens (tertiary/aromatic N) is 2. The van der Waals surface area contributed by atoms with Gasteiger partial charge in [-0.2, -0.15) is 0 Å². The van der Waals surface area contributed by atoms with E-state index in [2.05, 4.69) is 71.3 Å². The summed E-state index contributed by atoms with van der Waals surface area (Å²) >= 11 is 0. The molecule has 6 N–H and O–H groups in total. The van der Waals surface area contributed by atoms with Gasteiger partial charge in [-0.3, -0.25) is 5.41 Å². The Labute approximate surface area is 269 Å². The molecule has 1 aliphatic heterocycles. The zero-order valence-electron chi connectivity index (χ0n) is 27.4. The molecule has 0 radical (unpaired) electrons. The van der Waals surface area contributed by atoms with Gasteiger partial charge in [0.25, 0.3) is 0 Å². The van der Waals surface area contributed by atoms with Crippen LogP contribution < -0.4 is 21.8 Å². The van der Waals surface area contributed by atoms with Crippen LogP contribution in [-0.4, -0.2) is 80.1 Å². The van der Waals surface area contributed by atoms with Gasteiger partial charge in [0.05, 0.1) is 11.5 Å². The van der Waals surface area contributed by atoms with Gasteiger partial charge >= 0.3 is 6.09 Å². The molecule has 3 rings (SSSR count). The summed E-state index contributed by atoms with van der Waals surface area (Å²) in [6, 6.07) is 20.6. The first-order valence-corrected chi connectivity index (χ1v) is 16.2. The predicted octanol–water partition coefficient (Wildman–Crippen LogP) is 4.52. The van der Waals surface area contributed by atoms with Crippen molar-refractivity contribution in [3.8, 4) is 0 Å². The minimum atomic E-state index is -0.674. The van der Waals surface area contributed by atoms with Gasteiger partial charge in [0.15, 0.2) is 5.96 Å². The summed E-state index contributed by atoms with van der Waals surface area (Å²) in [5.74, 6) is 0.531. The molecule has 45 heavy (non-hydrogen) atoms. The fourth-order valence-corrected chi connectivity index (χ4v) is 6.12. The Morgan fingerprint density at radius 1 is 1.09 bits per heavy atom. The molecular weight excluding hydrogens is 566 g/mol. The molecule has 246 valence electrons. The van der Waals surface area contributed by atoms with Gasteiger partial charge in [0.1, 0.15) is 12.0 Å². The van der Waals surface area contributed by atoms with Gasteiger partial charge in [-0.1, -0.05) is 67.1 Å². The fraction of sp³-hybridized carbons (Fsp3) is 0.514. The Morgan fingerprint density at radius 3 is 2.29 bits per heavy atom. The lowest BCUT2D eigenvalue weighted by Crippen LogP contribution is -2.53. The lowest BCUT2D eigenvalue weighted by Gasteiger charge is -2.40. The Kier molecular flexibility index (Phi) is 14.5. The summed E-state index contributed by atoms with van der Waals surface area (Å²) in [5.41, 5.74) is 10.2. The minimum Gasteiger partial charge on any atom is -0.414 e. The van der Waals surface area contributed by atoms with Gasteiger partial charge in [0, 0.05) is 31.7 Å². The summed E-state index contributed by atoms with van der Waals surface area (Å²) < 4.78 is 6.21. The van der Waals surface area contributed by atoms with E-state index in [9.17, 15) is 9.59 Å². The Balaban J connectivity index is 1.70. The van der Waals surface area contributed by atoms with E-state index in [0.29, 0.717) is 31.7 Å². The van der Waals surface area contributed by atoms with Crippen LogP contribution in [0.15, 0.2) is 72.5 Å². The Morgan fingerprint density at radius 2 is 1.73 bits per heavy atom. The summed E-state index contributed by atoms with van der Waals surface area (Å²) in [5, 5.41) is 15.2. The van der Waals surface area contributed by atoms with Crippen molar-refractivity contribution >= 4 is 18.3 Å². The molecule has 1 saturated heterocycles. The van der Waals surface area contributed by atoms with E-state index in [-0.39, 0.29) is 24.1 Å². The molecule has 1 amide bonds. The van der Waals surface area contributed by atoms with E-state index >= 15 is 0 Å². The highest BCUT2D eigenvalue weighted by atomic mass is 16.6. The number of carbonyl (C=O) groups excluding carboxylic acids is 2. The van der Waals surface area contributed by atoms with Crippen LogP contribution in [0.2, 0.25) is 0 Å². The standard InChI is InChI=1S/C35H53N7O3/c1-5-32(35(25-27(2)41(3)4,28-15-8-6-9-16-28)29-17-10-7-11-18-29)45-34(44)39-23-21-31-20-12-13-24-42(31)40-30(26-43)19-14-22-38-33(36)37/h5-11,15-18,26-27,30-31,40H,12-14,19-25H2,1-4H3,(H,39,44)(H4,36,37,38)/b32-5-/t27?,30-,31?/m0/s1. The van der Waals surface area contributed by atoms with Gasteiger partial charge in [-0.05, 0) is 83.7 Å². The van der Waals surface area contributed by atoms with Crippen molar-refractivity contribution in [1.29, 1.82) is 5.41 Å². The molecule has 0 spiro atoms. The van der Waals surface area contributed by atoms with E-state index in [1.54, 1.807) is 0 Å². The third kappa shape index (κ3) is 10.4. The van der Waals surface area contributed by atoms with E-state index in [4.69, 9.17) is 15.9 Å². The van der Waals surface area contributed by atoms with Crippen LogP contribution in [-0.2, 0) is 14.9 Å². The quantitative estimate of drug-likeness (QED) is 0.0574. The highest BCUT2D eigenvalue weighted by Gasteiger charge is 2.42. The number of amides is 1. The lowest BCUT2D eigenvalue weighted by atomic mass is 9.68. The number of benzene rings is 2. The normalized spacial score (nSPS) is 17.4. The molecule has 0 aliphatic carbocycles. The van der Waals surface area contributed by atoms with Crippen molar-refractivity contribution < 1.29 is 14.3 Å². The molecule has 1 heterocycles. The number of rotatable bonds is 17. The molecule has 3 atom stereocenters. The van der Waals surface area contributed by atoms with Crippen molar-refractivity contribution in [2.45, 2.75) is 82.3 Å². The molecular formula is C35H53N7O3. The molecule has 10 heteroatoms. The SMILES string of the molecule is C/C=C(\OC(=O)NCCC1CCCCN1N[C@H](C=O)CCCNC(=N)N)C(CC(C)N(C)C)(c1ccccc1)c1ccccc1. The summed E-state index contributed by atoms with van der Waals surface area (Å²) in [7, 11) is 4.14. The molecule has 2 aromatic rings. The van der Waals surface area contributed by atoms with Crippen LogP contribution in [0.25, 0.3) is 0 Å². The largest absolute Gasteiger partial charge is 0.414 e. The third-order valence-electron chi connectivity index (χ3n) is 8.78. The third-order valence-corrected chi connectivity index (χ3v) is 8.78. The van der Waals surface area contributed by atoms with Gasteiger partial charge in [0.2, 0.25) is 0 Å². The smallest absolute Gasteiger partial charge is 0.412 e. The summed E-state index contributed by atoms with van der Waals surface area (Å²) in [4.78, 5) is 27.4. The molecule has 2 unspecified atom stereocenters. The summed E-state index contributed by atoms with van der Waals surface area (Å²) in [6.07, 6.45) is 8.31. The average molecular weight is 620 g/mol. The summed E-state index contributed by atoms with van der Waals surface area (Å²) in [6.45, 7) is 5.96. The molecule has 10 nitrogen and oxygen atoms in total. The van der Waals surface area contributed by atoms with Crippen molar-refractivity contribution in [2.75, 3.05) is 33.7 Å². The zero-order chi connectivity index (χ0) is 32.7. The number of hydrogen-bond donors (Lipinski definition) is 5. The molecule has 0 saturated carbocycles. The van der Waals surface area contributed by atoms with E-state index < -0.39 is 11.5 Å². The molecule has 2 aromatic carbocycles. The van der Waals surface area contributed by atoms with Crippen LogP contribution in [0.3, 0.4) is 0 Å². The topological polar surface area (TPSA) is 136 Å². The highest BCUT2D eigenvalue weighted by Crippen LogP contribution is 2.44. The lowest BCUT2D eigenvalue weighted by molar-refractivity contribution is -0.111. The maximum absolute atomic E-state index is 13.4. The highest BCUT2D eigenvalue weighted by molar-refractivity contribution is 5.74. The number of hydrogen-bond acceptors (Lipinski definition) is 7. The van der Waals surface area contributed by atoms with Crippen LogP contribution in [0.1, 0.15) is 69.9 Å². The number of aldehydes is 1. The second-order valence-corrected chi connectivity index (χ2v) is 12.1. The average Bonchev–Trinajstić information content (AvgIpc) is 3.05. The first-order valence-electron chi connectivity index (χ1n) is 16.2. The fourth-order valence-electron chi connectivity index (χ4n) is 6.12. The molecule has 1 aliphatic rings. The molecule has 1 fully saturated rings. The predicted molar refractivity (Wildman–Crippen MR) is 181 cm³/mol. The number of nitrogens with two attached hydrogens (primary N) is 1. The minimum absolute atomic E-state index is 0.0665. The van der Waals surface area contributed by atoms with Crippen molar-refractivity contribution in [2.24, 2.45) is 5.73 Å². The van der Waals surface area contributed by atoms with Crippen LogP contribution in [0, 0.1) is 5.41 Å². The number of alkyl carbamates (subject to hydrolysis) is 1. The number of guanidine groups is 1. The van der Waals surface area contributed by atoms with Crippen LogP contribution in [0.5, 0.6) is 0 Å². The van der Waals surface area contributed by atoms with Crippen molar-refractivity contribution in [1.82, 2.24) is 26.0 Å². The van der Waals surface area contributed by atoms with Gasteiger partial charge in [-0.25, -0.2) is 15.2 Å². The monoisotopic (exact) mass is 619 g/mol. The first kappa shape index (κ1) is 35.7. The zero-order valence-corrected chi connectivity index (χ0v) is 27.4. The van der Waals surface area contributed by atoms with E-state index in [1.165, 1.54) is 0 Å². The van der Waals surface area contributed by atoms with Crippen molar-refractivity contribution in [3.05, 3.63) is 83.6 Å². The van der Waals surface area contributed by atoms with Gasteiger partial charge < -0.3 is 30.8 Å². The number of ether oxygens (including phenoxy) is 1. The van der Waals surface area contributed by atoms with Crippen molar-refractivity contribution in [3.63, 3.8) is 0 Å². The number of piperidine rings is 1. The van der Waals surface area contributed by atoms with E-state index in [0.717, 1.165) is 56.1 Å². The maximum atomic E-state index is 13.4. The van der Waals surface area contributed by atoms with Crippen LogP contribution in [0.4, 0.5) is 4.79 Å². The number of carbonyl (C=O) groups is 2. The van der Waals surface area contributed by atoms with Gasteiger partial charge in [-0.15, -0.1) is 0 Å². The molecule has 0 bridgehead atoms. The molecule has 0 aromatic heterocycles. The second-order valence-electron chi connectivity index (χ2n) is 12.1. The van der Waals surface area contributed by atoms with E-state index in [1.807, 2.05) is 49.4 Å². The Hall–Kier alpha value is -3.73. The maximum Gasteiger partial charge on any atom is 0.412 e. The first-order chi connectivity index (χ1) is 21.7. The number of nitrogens with one attached hydrogen (secondary N) is 4. The number of hydrazine groups is 1. The Bertz CT molecular complexity index is 1180. The van der Waals surface area contributed by atoms with Crippen LogP contribution >= 0.6 is 0 Å².